The number of piperazine rings is 1. The molecule has 0 bridgehead atoms. The van der Waals surface area contributed by atoms with Crippen LogP contribution in [0.5, 0.6) is 0 Å². The third kappa shape index (κ3) is 5.82. The third-order valence-corrected chi connectivity index (χ3v) is 5.57. The molecule has 2 heterocycles. The van der Waals surface area contributed by atoms with Crippen molar-refractivity contribution < 1.29 is 22.9 Å². The topological polar surface area (TPSA) is 90.8 Å². The van der Waals surface area contributed by atoms with E-state index in [2.05, 4.69) is 15.5 Å². The number of carbonyl (C=O) groups excluding carboxylic acids is 1. The number of alkyl halides is 3. The van der Waals surface area contributed by atoms with E-state index in [9.17, 15) is 28.1 Å². The molecule has 3 rings (SSSR count). The van der Waals surface area contributed by atoms with Crippen molar-refractivity contribution in [1.82, 2.24) is 15.1 Å². The van der Waals surface area contributed by atoms with E-state index in [0.717, 1.165) is 44.9 Å². The average molecular weight is 429 g/mol. The Morgan fingerprint density at radius 1 is 1.20 bits per heavy atom. The first kappa shape index (κ1) is 22.3. The van der Waals surface area contributed by atoms with Crippen molar-refractivity contribution in [3.8, 4) is 0 Å². The van der Waals surface area contributed by atoms with E-state index >= 15 is 0 Å². The van der Waals surface area contributed by atoms with E-state index < -0.39 is 22.4 Å². The number of nitrogens with zero attached hydrogens (tertiary/aromatic N) is 3. The van der Waals surface area contributed by atoms with Crippen LogP contribution in [-0.4, -0.2) is 72.5 Å². The molecule has 8 nitrogen and oxygen atoms in total. The molecule has 1 aromatic rings. The zero-order chi connectivity index (χ0) is 21.7. The van der Waals surface area contributed by atoms with Crippen molar-refractivity contribution >= 4 is 17.3 Å². The lowest BCUT2D eigenvalue weighted by Crippen LogP contribution is -2.46. The average Bonchev–Trinajstić information content (AvgIpc) is 2.72. The van der Waals surface area contributed by atoms with Gasteiger partial charge in [0, 0.05) is 70.0 Å². The summed E-state index contributed by atoms with van der Waals surface area (Å²) in [6.07, 6.45) is -3.12. The number of benzene rings is 1. The molecule has 2 N–H and O–H groups in total. The molecule has 2 aliphatic heterocycles. The number of nitrogens with one attached hydrogen (secondary N) is 2. The number of hydrogen-bond donors (Lipinski definition) is 2. The van der Waals surface area contributed by atoms with Gasteiger partial charge in [-0.2, -0.15) is 13.2 Å². The molecule has 0 aromatic heterocycles. The number of piperidine rings is 1. The van der Waals surface area contributed by atoms with Crippen LogP contribution in [-0.2, 0) is 11.0 Å². The monoisotopic (exact) mass is 429 g/mol. The summed E-state index contributed by atoms with van der Waals surface area (Å²) in [5.41, 5.74) is -2.03. The minimum atomic E-state index is -4.81. The fourth-order valence-electron chi connectivity index (χ4n) is 3.87. The first-order valence-electron chi connectivity index (χ1n) is 10.1. The second-order valence-corrected chi connectivity index (χ2v) is 7.63. The summed E-state index contributed by atoms with van der Waals surface area (Å²) >= 11 is 0. The summed E-state index contributed by atoms with van der Waals surface area (Å²) in [6.45, 7) is 5.56. The minimum absolute atomic E-state index is 0.0928. The Morgan fingerprint density at radius 3 is 2.47 bits per heavy atom. The molecule has 30 heavy (non-hydrogen) atoms. The Kier molecular flexibility index (Phi) is 7.14. The van der Waals surface area contributed by atoms with Crippen molar-refractivity contribution in [2.45, 2.75) is 31.5 Å². The van der Waals surface area contributed by atoms with Crippen LogP contribution in [0.4, 0.5) is 24.5 Å². The molecule has 0 radical (unpaired) electrons. The largest absolute Gasteiger partial charge is 0.423 e. The van der Waals surface area contributed by atoms with Gasteiger partial charge in [-0.1, -0.05) is 0 Å². The van der Waals surface area contributed by atoms with Crippen LogP contribution in [0.2, 0.25) is 0 Å². The van der Waals surface area contributed by atoms with Gasteiger partial charge in [0.15, 0.2) is 0 Å². The molecule has 0 unspecified atom stereocenters. The van der Waals surface area contributed by atoms with Gasteiger partial charge < -0.3 is 20.4 Å². The molecule has 2 aliphatic rings. The van der Waals surface area contributed by atoms with E-state index in [1.54, 1.807) is 4.90 Å². The molecule has 0 saturated carbocycles. The molecule has 166 valence electrons. The molecule has 2 saturated heterocycles. The van der Waals surface area contributed by atoms with Gasteiger partial charge in [0.05, 0.1) is 4.92 Å². The van der Waals surface area contributed by atoms with E-state index in [1.165, 1.54) is 6.07 Å². The first-order chi connectivity index (χ1) is 14.2. The van der Waals surface area contributed by atoms with Gasteiger partial charge in [0.2, 0.25) is 5.91 Å². The highest BCUT2D eigenvalue weighted by atomic mass is 19.4. The van der Waals surface area contributed by atoms with Gasteiger partial charge in [-0.15, -0.1) is 0 Å². The second kappa shape index (κ2) is 9.61. The van der Waals surface area contributed by atoms with Crippen molar-refractivity contribution in [3.05, 3.63) is 33.9 Å². The third-order valence-electron chi connectivity index (χ3n) is 5.57. The van der Waals surface area contributed by atoms with Crippen LogP contribution < -0.4 is 10.6 Å². The van der Waals surface area contributed by atoms with Crippen molar-refractivity contribution in [1.29, 1.82) is 0 Å². The lowest BCUT2D eigenvalue weighted by molar-refractivity contribution is -0.388. The molecule has 1 aromatic carbocycles. The van der Waals surface area contributed by atoms with Gasteiger partial charge in [0.1, 0.15) is 5.56 Å². The summed E-state index contributed by atoms with van der Waals surface area (Å²) < 4.78 is 39.4. The molecule has 1 amide bonds. The quantitative estimate of drug-likeness (QED) is 0.533. The highest BCUT2D eigenvalue weighted by molar-refractivity contribution is 5.76. The highest BCUT2D eigenvalue weighted by Gasteiger charge is 2.38. The van der Waals surface area contributed by atoms with Crippen LogP contribution in [0.25, 0.3) is 0 Å². The Hall–Kier alpha value is -2.40. The van der Waals surface area contributed by atoms with Crippen LogP contribution in [0.1, 0.15) is 24.8 Å². The number of hydrogen-bond acceptors (Lipinski definition) is 6. The Labute approximate surface area is 172 Å². The fourth-order valence-corrected chi connectivity index (χ4v) is 3.87. The highest BCUT2D eigenvalue weighted by Crippen LogP contribution is 2.37. The summed E-state index contributed by atoms with van der Waals surface area (Å²) in [5.74, 6) is 0.0988. The molecule has 0 aliphatic carbocycles. The molecular formula is C19H26F3N5O3. The maximum Gasteiger partial charge on any atom is 0.423 e. The predicted molar refractivity (Wildman–Crippen MR) is 105 cm³/mol. The van der Waals surface area contributed by atoms with Crippen LogP contribution in [0.15, 0.2) is 18.2 Å². The van der Waals surface area contributed by atoms with E-state index in [0.29, 0.717) is 32.4 Å². The van der Waals surface area contributed by atoms with Gasteiger partial charge >= 0.3 is 6.18 Å². The number of anilines is 1. The Morgan fingerprint density at radius 2 is 1.87 bits per heavy atom. The lowest BCUT2D eigenvalue weighted by Gasteiger charge is -2.34. The van der Waals surface area contributed by atoms with Crippen LogP contribution in [0, 0.1) is 10.1 Å². The van der Waals surface area contributed by atoms with Crippen LogP contribution >= 0.6 is 0 Å². The normalized spacial score (nSPS) is 19.0. The minimum Gasteiger partial charge on any atom is -0.382 e. The summed E-state index contributed by atoms with van der Waals surface area (Å²) in [5, 5.41) is 17.2. The molecular weight excluding hydrogens is 403 g/mol. The lowest BCUT2D eigenvalue weighted by atomic mass is 10.0. The smallest absolute Gasteiger partial charge is 0.382 e. The van der Waals surface area contributed by atoms with Crippen LogP contribution in [0.3, 0.4) is 0 Å². The van der Waals surface area contributed by atoms with E-state index in [1.807, 2.05) is 0 Å². The predicted octanol–water partition coefficient (Wildman–Crippen LogP) is 2.31. The molecule has 0 spiro atoms. The summed E-state index contributed by atoms with van der Waals surface area (Å²) in [4.78, 5) is 26.3. The summed E-state index contributed by atoms with van der Waals surface area (Å²) in [6, 6.07) is 2.85. The number of rotatable bonds is 6. The maximum absolute atomic E-state index is 13.1. The van der Waals surface area contributed by atoms with Crippen molar-refractivity contribution in [3.63, 3.8) is 0 Å². The Bertz CT molecular complexity index is 760. The van der Waals surface area contributed by atoms with Gasteiger partial charge in [0.25, 0.3) is 5.69 Å². The number of halogens is 3. The SMILES string of the molecule is O=C(CCN1CCNCC1)N1CCC(Nc2ccc([N+](=O)[O-])c(C(F)(F)F)c2)CC1. The van der Waals surface area contributed by atoms with Gasteiger partial charge in [-0.25, -0.2) is 0 Å². The maximum atomic E-state index is 13.1. The van der Waals surface area contributed by atoms with Crippen molar-refractivity contribution in [2.24, 2.45) is 0 Å². The van der Waals surface area contributed by atoms with Gasteiger partial charge in [-0.3, -0.25) is 14.9 Å². The molecule has 2 fully saturated rings. The molecule has 0 atom stereocenters. The van der Waals surface area contributed by atoms with Gasteiger partial charge in [-0.05, 0) is 25.0 Å². The zero-order valence-corrected chi connectivity index (χ0v) is 16.6. The number of amides is 1. The first-order valence-corrected chi connectivity index (χ1v) is 10.1. The Balaban J connectivity index is 1.50. The van der Waals surface area contributed by atoms with Crippen molar-refractivity contribution in [2.75, 3.05) is 51.1 Å². The number of carbonyl (C=O) groups is 1. The number of likely N-dealkylation sites (tertiary alicyclic amines) is 1. The number of nitro groups is 1. The standard InChI is InChI=1S/C19H26F3N5O3/c20-19(21,22)16-13-15(1-2-17(16)27(29)30)24-14-3-9-26(10-4-14)18(28)5-8-25-11-6-23-7-12-25/h1-2,13-14,23-24H,3-12H2. The zero-order valence-electron chi connectivity index (χ0n) is 16.6. The second-order valence-electron chi connectivity index (χ2n) is 7.63. The number of nitro benzene ring substituents is 1. The van der Waals surface area contributed by atoms with E-state index in [-0.39, 0.29) is 17.6 Å². The summed E-state index contributed by atoms with van der Waals surface area (Å²) in [7, 11) is 0. The van der Waals surface area contributed by atoms with E-state index in [4.69, 9.17) is 0 Å². The fraction of sp³-hybridized carbons (Fsp3) is 0.632. The molecule has 11 heteroatoms.